The van der Waals surface area contributed by atoms with Crippen LogP contribution in [0, 0.1) is 0 Å². The van der Waals surface area contributed by atoms with E-state index in [0.717, 1.165) is 16.5 Å². The third kappa shape index (κ3) is 5.11. The Labute approximate surface area is 142 Å². The van der Waals surface area contributed by atoms with Gasteiger partial charge in [0.15, 0.2) is 0 Å². The number of benzene rings is 1. The maximum atomic E-state index is 11.8. The van der Waals surface area contributed by atoms with Crippen molar-refractivity contribution in [1.82, 2.24) is 4.57 Å². The molecule has 2 rings (SSSR count). The van der Waals surface area contributed by atoms with Crippen LogP contribution in [-0.2, 0) is 32.5 Å². The fourth-order valence-electron chi connectivity index (χ4n) is 2.57. The quantitative estimate of drug-likeness (QED) is 0.761. The second kappa shape index (κ2) is 7.51. The predicted octanol–water partition coefficient (Wildman–Crippen LogP) is 3.39. The van der Waals surface area contributed by atoms with Crippen LogP contribution in [0.2, 0.25) is 0 Å². The van der Waals surface area contributed by atoms with Crippen molar-refractivity contribution in [1.29, 1.82) is 0 Å². The number of ether oxygens (including phenoxy) is 2. The first-order chi connectivity index (χ1) is 11.3. The summed E-state index contributed by atoms with van der Waals surface area (Å²) in [5, 5.41) is 1.15. The van der Waals surface area contributed by atoms with Gasteiger partial charge in [0.1, 0.15) is 12.2 Å². The highest BCUT2D eigenvalue weighted by atomic mass is 16.6. The molecule has 0 aliphatic heterocycles. The summed E-state index contributed by atoms with van der Waals surface area (Å²) in [6.07, 6.45) is 3.03. The van der Waals surface area contributed by atoms with Crippen molar-refractivity contribution in [3.8, 4) is 0 Å². The maximum absolute atomic E-state index is 11.8. The Balaban J connectivity index is 1.78. The molecule has 24 heavy (non-hydrogen) atoms. The Kier molecular flexibility index (Phi) is 5.65. The number of aromatic nitrogens is 1. The first-order valence-electron chi connectivity index (χ1n) is 8.17. The van der Waals surface area contributed by atoms with E-state index in [1.807, 2.05) is 25.4 Å². The molecule has 0 fully saturated rings. The summed E-state index contributed by atoms with van der Waals surface area (Å²) in [6, 6.07) is 8.10. The monoisotopic (exact) mass is 331 g/mol. The van der Waals surface area contributed by atoms with Crippen LogP contribution >= 0.6 is 0 Å². The second-order valence-corrected chi connectivity index (χ2v) is 6.84. The number of para-hydroxylation sites is 1. The normalized spacial score (nSPS) is 11.5. The van der Waals surface area contributed by atoms with Crippen LogP contribution in [0.3, 0.4) is 0 Å². The van der Waals surface area contributed by atoms with Gasteiger partial charge >= 0.3 is 11.9 Å². The van der Waals surface area contributed by atoms with Crippen LogP contribution in [0.15, 0.2) is 30.5 Å². The molecular weight excluding hydrogens is 306 g/mol. The number of fused-ring (bicyclic) bond motifs is 1. The second-order valence-electron chi connectivity index (χ2n) is 6.84. The SMILES string of the molecule is Cn1cc(CCC(=O)OCCC(=O)OC(C)(C)C)c2ccccc21. The van der Waals surface area contributed by atoms with Gasteiger partial charge < -0.3 is 14.0 Å². The van der Waals surface area contributed by atoms with E-state index in [2.05, 4.69) is 16.7 Å². The molecule has 0 N–H and O–H groups in total. The Bertz CT molecular complexity index is 725. The van der Waals surface area contributed by atoms with Crippen molar-refractivity contribution in [3.63, 3.8) is 0 Å². The van der Waals surface area contributed by atoms with Crippen LogP contribution in [0.25, 0.3) is 10.9 Å². The number of esters is 2. The lowest BCUT2D eigenvalue weighted by Crippen LogP contribution is -2.24. The van der Waals surface area contributed by atoms with Crippen molar-refractivity contribution in [2.75, 3.05) is 6.61 Å². The van der Waals surface area contributed by atoms with Gasteiger partial charge in [0.2, 0.25) is 0 Å². The van der Waals surface area contributed by atoms with Gasteiger partial charge in [0, 0.05) is 30.6 Å². The minimum Gasteiger partial charge on any atom is -0.465 e. The van der Waals surface area contributed by atoms with Crippen LogP contribution in [0.4, 0.5) is 0 Å². The van der Waals surface area contributed by atoms with E-state index in [4.69, 9.17) is 9.47 Å². The highest BCUT2D eigenvalue weighted by molar-refractivity contribution is 5.84. The molecule has 0 amide bonds. The molecule has 2 aromatic rings. The van der Waals surface area contributed by atoms with Crippen molar-refractivity contribution in [2.24, 2.45) is 7.05 Å². The molecule has 0 radical (unpaired) electrons. The lowest BCUT2D eigenvalue weighted by Gasteiger charge is -2.19. The third-order valence-electron chi connectivity index (χ3n) is 3.57. The lowest BCUT2D eigenvalue weighted by molar-refractivity contribution is -0.157. The fourth-order valence-corrected chi connectivity index (χ4v) is 2.57. The fraction of sp³-hybridized carbons (Fsp3) is 0.474. The first kappa shape index (κ1) is 18.0. The Morgan fingerprint density at radius 2 is 1.79 bits per heavy atom. The molecular formula is C19H25NO4. The molecule has 5 nitrogen and oxygen atoms in total. The van der Waals surface area contributed by atoms with Crippen molar-refractivity contribution in [2.45, 2.75) is 45.6 Å². The molecule has 0 bridgehead atoms. The molecule has 0 unspecified atom stereocenters. The minimum atomic E-state index is -0.518. The first-order valence-corrected chi connectivity index (χ1v) is 8.17. The topological polar surface area (TPSA) is 57.5 Å². The van der Waals surface area contributed by atoms with Gasteiger partial charge in [0.05, 0.1) is 6.42 Å². The number of nitrogens with zero attached hydrogens (tertiary/aromatic N) is 1. The van der Waals surface area contributed by atoms with Gasteiger partial charge in [0.25, 0.3) is 0 Å². The summed E-state index contributed by atoms with van der Waals surface area (Å²) in [7, 11) is 1.99. The average Bonchev–Trinajstić information content (AvgIpc) is 2.80. The summed E-state index contributed by atoms with van der Waals surface area (Å²) in [5.41, 5.74) is 1.75. The van der Waals surface area contributed by atoms with Gasteiger partial charge in [-0.25, -0.2) is 0 Å². The van der Waals surface area contributed by atoms with E-state index in [1.165, 1.54) is 0 Å². The number of rotatable bonds is 6. The summed E-state index contributed by atoms with van der Waals surface area (Å²) < 4.78 is 12.3. The minimum absolute atomic E-state index is 0.0588. The standard InChI is InChI=1S/C19H25NO4/c1-19(2,3)24-18(22)11-12-23-17(21)10-9-14-13-20(4)16-8-6-5-7-15(14)16/h5-8,13H,9-12H2,1-4H3. The summed E-state index contributed by atoms with van der Waals surface area (Å²) >= 11 is 0. The van der Waals surface area contributed by atoms with Gasteiger partial charge in [-0.05, 0) is 38.8 Å². The van der Waals surface area contributed by atoms with Crippen LogP contribution in [0.5, 0.6) is 0 Å². The predicted molar refractivity (Wildman–Crippen MR) is 92.7 cm³/mol. The van der Waals surface area contributed by atoms with E-state index in [0.29, 0.717) is 12.8 Å². The van der Waals surface area contributed by atoms with Crippen molar-refractivity contribution >= 4 is 22.8 Å². The zero-order valence-corrected chi connectivity index (χ0v) is 14.8. The van der Waals surface area contributed by atoms with E-state index in [1.54, 1.807) is 20.8 Å². The lowest BCUT2D eigenvalue weighted by atomic mass is 10.1. The van der Waals surface area contributed by atoms with Crippen molar-refractivity contribution in [3.05, 3.63) is 36.0 Å². The molecule has 0 aliphatic rings. The zero-order chi connectivity index (χ0) is 17.7. The molecule has 1 heterocycles. The summed E-state index contributed by atoms with van der Waals surface area (Å²) in [6.45, 7) is 5.48. The molecule has 0 aliphatic carbocycles. The highest BCUT2D eigenvalue weighted by Crippen LogP contribution is 2.21. The Morgan fingerprint density at radius 3 is 2.50 bits per heavy atom. The van der Waals surface area contributed by atoms with Gasteiger partial charge in [-0.3, -0.25) is 9.59 Å². The van der Waals surface area contributed by atoms with E-state index >= 15 is 0 Å². The van der Waals surface area contributed by atoms with Gasteiger partial charge in [-0.1, -0.05) is 18.2 Å². The number of hydrogen-bond acceptors (Lipinski definition) is 4. The third-order valence-corrected chi connectivity index (χ3v) is 3.57. The van der Waals surface area contributed by atoms with Crippen LogP contribution < -0.4 is 0 Å². The molecule has 0 atom stereocenters. The largest absolute Gasteiger partial charge is 0.465 e. The van der Waals surface area contributed by atoms with Crippen LogP contribution in [0.1, 0.15) is 39.2 Å². The Hall–Kier alpha value is -2.30. The molecule has 0 spiro atoms. The molecule has 130 valence electrons. The smallest absolute Gasteiger partial charge is 0.309 e. The maximum Gasteiger partial charge on any atom is 0.309 e. The van der Waals surface area contributed by atoms with Crippen molar-refractivity contribution < 1.29 is 19.1 Å². The number of aryl methyl sites for hydroxylation is 2. The number of carbonyl (C=O) groups excluding carboxylic acids is 2. The zero-order valence-electron chi connectivity index (χ0n) is 14.8. The van der Waals surface area contributed by atoms with Gasteiger partial charge in [-0.15, -0.1) is 0 Å². The molecule has 1 aromatic carbocycles. The molecule has 0 saturated heterocycles. The van der Waals surface area contributed by atoms with Crippen LogP contribution in [-0.4, -0.2) is 28.7 Å². The van der Waals surface area contributed by atoms with E-state index in [-0.39, 0.29) is 25.0 Å². The number of hydrogen-bond donors (Lipinski definition) is 0. The molecule has 1 aromatic heterocycles. The van der Waals surface area contributed by atoms with Gasteiger partial charge in [-0.2, -0.15) is 0 Å². The van der Waals surface area contributed by atoms with E-state index in [9.17, 15) is 9.59 Å². The molecule has 0 saturated carbocycles. The average molecular weight is 331 g/mol. The summed E-state index contributed by atoms with van der Waals surface area (Å²) in [4.78, 5) is 23.4. The summed E-state index contributed by atoms with van der Waals surface area (Å²) in [5.74, 6) is -0.657. The molecule has 5 heteroatoms. The highest BCUT2D eigenvalue weighted by Gasteiger charge is 2.16. The van der Waals surface area contributed by atoms with E-state index < -0.39 is 5.60 Å². The Morgan fingerprint density at radius 1 is 1.08 bits per heavy atom. The number of carbonyl (C=O) groups is 2.